The number of para-hydroxylation sites is 1. The normalized spacial score (nSPS) is 11.0. The quantitative estimate of drug-likeness (QED) is 0.739. The zero-order valence-electron chi connectivity index (χ0n) is 10.4. The molecule has 92 valence electrons. The Kier molecular flexibility index (Phi) is 2.55. The molecule has 2 N–H and O–H groups in total. The molecule has 0 radical (unpaired) electrons. The van der Waals surface area contributed by atoms with Gasteiger partial charge in [0.2, 0.25) is 0 Å². The van der Waals surface area contributed by atoms with Gasteiger partial charge in [0.15, 0.2) is 0 Å². The number of aromatic nitrogens is 2. The van der Waals surface area contributed by atoms with Gasteiger partial charge in [-0.25, -0.2) is 0 Å². The lowest BCUT2D eigenvalue weighted by Gasteiger charge is -2.04. The fraction of sp³-hybridized carbons (Fsp3) is 0.214. The molecular weight excluding hydrogens is 226 g/mol. The summed E-state index contributed by atoms with van der Waals surface area (Å²) < 4.78 is 5.52. The number of furan rings is 1. The van der Waals surface area contributed by atoms with Crippen molar-refractivity contribution >= 4 is 16.7 Å². The number of anilines is 1. The number of nitrogens with one attached hydrogen (secondary N) is 2. The number of benzene rings is 1. The first-order valence-electron chi connectivity index (χ1n) is 5.96. The molecule has 4 heteroatoms. The SMILES string of the molecule is Cc1n[nH]c(C)c1NCc1coc2ccccc12. The lowest BCUT2D eigenvalue weighted by atomic mass is 10.2. The summed E-state index contributed by atoms with van der Waals surface area (Å²) in [5.41, 5.74) is 5.20. The minimum Gasteiger partial charge on any atom is -0.464 e. The van der Waals surface area contributed by atoms with Crippen molar-refractivity contribution in [3.05, 3.63) is 47.5 Å². The maximum absolute atomic E-state index is 5.52. The molecule has 0 atom stereocenters. The monoisotopic (exact) mass is 241 g/mol. The Balaban J connectivity index is 1.85. The van der Waals surface area contributed by atoms with Gasteiger partial charge in [-0.05, 0) is 19.9 Å². The summed E-state index contributed by atoms with van der Waals surface area (Å²) in [6, 6.07) is 8.06. The predicted octanol–water partition coefficient (Wildman–Crippen LogP) is 3.38. The van der Waals surface area contributed by atoms with Gasteiger partial charge in [0.25, 0.3) is 0 Å². The van der Waals surface area contributed by atoms with E-state index in [1.807, 2.05) is 38.3 Å². The Morgan fingerprint density at radius 3 is 2.89 bits per heavy atom. The Hall–Kier alpha value is -2.23. The second-order valence-electron chi connectivity index (χ2n) is 4.42. The van der Waals surface area contributed by atoms with Gasteiger partial charge in [0.1, 0.15) is 5.58 Å². The molecule has 1 aromatic carbocycles. The predicted molar refractivity (Wildman–Crippen MR) is 71.6 cm³/mol. The summed E-state index contributed by atoms with van der Waals surface area (Å²) in [5.74, 6) is 0. The molecular formula is C14H15N3O. The first kappa shape index (κ1) is 10.9. The standard InChI is InChI=1S/C14H15N3O/c1-9-14(10(2)17-16-9)15-7-11-8-18-13-6-4-3-5-12(11)13/h3-6,8,15H,7H2,1-2H3,(H,16,17). The smallest absolute Gasteiger partial charge is 0.134 e. The number of H-pyrrole nitrogens is 1. The molecule has 2 heterocycles. The molecule has 0 spiro atoms. The van der Waals surface area contributed by atoms with Gasteiger partial charge in [0, 0.05) is 17.5 Å². The molecule has 18 heavy (non-hydrogen) atoms. The van der Waals surface area contributed by atoms with Crippen LogP contribution in [-0.4, -0.2) is 10.2 Å². The number of nitrogens with zero attached hydrogens (tertiary/aromatic N) is 1. The van der Waals surface area contributed by atoms with Crippen molar-refractivity contribution in [1.29, 1.82) is 0 Å². The van der Waals surface area contributed by atoms with E-state index in [1.54, 1.807) is 0 Å². The average Bonchev–Trinajstić information content (AvgIpc) is 2.93. The Labute approximate surface area is 105 Å². The first-order valence-corrected chi connectivity index (χ1v) is 5.96. The number of hydrogen-bond donors (Lipinski definition) is 2. The van der Waals surface area contributed by atoms with E-state index in [9.17, 15) is 0 Å². The van der Waals surface area contributed by atoms with E-state index in [0.717, 1.165) is 40.2 Å². The summed E-state index contributed by atoms with van der Waals surface area (Å²) in [6.07, 6.45) is 1.81. The zero-order chi connectivity index (χ0) is 12.5. The van der Waals surface area contributed by atoms with Crippen molar-refractivity contribution in [1.82, 2.24) is 10.2 Å². The van der Waals surface area contributed by atoms with E-state index in [-0.39, 0.29) is 0 Å². The minimum absolute atomic E-state index is 0.734. The van der Waals surface area contributed by atoms with Crippen LogP contribution in [0.25, 0.3) is 11.0 Å². The largest absolute Gasteiger partial charge is 0.464 e. The number of rotatable bonds is 3. The fourth-order valence-corrected chi connectivity index (χ4v) is 2.16. The van der Waals surface area contributed by atoms with E-state index >= 15 is 0 Å². The van der Waals surface area contributed by atoms with Gasteiger partial charge >= 0.3 is 0 Å². The van der Waals surface area contributed by atoms with Crippen LogP contribution in [0.3, 0.4) is 0 Å². The number of hydrogen-bond acceptors (Lipinski definition) is 3. The topological polar surface area (TPSA) is 53.9 Å². The van der Waals surface area contributed by atoms with E-state index in [2.05, 4.69) is 21.6 Å². The van der Waals surface area contributed by atoms with Crippen LogP contribution in [0.4, 0.5) is 5.69 Å². The third kappa shape index (κ3) is 1.76. The van der Waals surface area contributed by atoms with Gasteiger partial charge in [-0.15, -0.1) is 0 Å². The molecule has 0 aliphatic rings. The number of fused-ring (bicyclic) bond motifs is 1. The van der Waals surface area contributed by atoms with Crippen LogP contribution in [0.2, 0.25) is 0 Å². The summed E-state index contributed by atoms with van der Waals surface area (Å²) in [7, 11) is 0. The third-order valence-electron chi connectivity index (χ3n) is 3.14. The second-order valence-corrected chi connectivity index (χ2v) is 4.42. The van der Waals surface area contributed by atoms with Crippen LogP contribution in [0, 0.1) is 13.8 Å². The van der Waals surface area contributed by atoms with E-state index < -0.39 is 0 Å². The summed E-state index contributed by atoms with van der Waals surface area (Å²) in [4.78, 5) is 0. The molecule has 0 aliphatic heterocycles. The van der Waals surface area contributed by atoms with Gasteiger partial charge < -0.3 is 9.73 Å². The van der Waals surface area contributed by atoms with Crippen LogP contribution < -0.4 is 5.32 Å². The highest BCUT2D eigenvalue weighted by Crippen LogP contribution is 2.23. The molecule has 4 nitrogen and oxygen atoms in total. The van der Waals surface area contributed by atoms with E-state index in [0.29, 0.717) is 0 Å². The molecule has 0 amide bonds. The van der Waals surface area contributed by atoms with Crippen molar-refractivity contribution in [2.45, 2.75) is 20.4 Å². The van der Waals surface area contributed by atoms with Gasteiger partial charge in [0.05, 0.1) is 23.3 Å². The molecule has 0 fully saturated rings. The summed E-state index contributed by atoms with van der Waals surface area (Å²) in [5, 5.41) is 11.7. The van der Waals surface area contributed by atoms with Crippen molar-refractivity contribution in [3.63, 3.8) is 0 Å². The highest BCUT2D eigenvalue weighted by Gasteiger charge is 2.08. The molecule has 0 saturated carbocycles. The maximum atomic E-state index is 5.52. The second kappa shape index (κ2) is 4.22. The summed E-state index contributed by atoms with van der Waals surface area (Å²) >= 11 is 0. The van der Waals surface area contributed by atoms with E-state index in [4.69, 9.17) is 4.42 Å². The maximum Gasteiger partial charge on any atom is 0.134 e. The van der Waals surface area contributed by atoms with Crippen LogP contribution in [0.5, 0.6) is 0 Å². The van der Waals surface area contributed by atoms with Crippen LogP contribution in [0.15, 0.2) is 34.9 Å². The molecule has 0 unspecified atom stereocenters. The van der Waals surface area contributed by atoms with Crippen molar-refractivity contribution in [2.24, 2.45) is 0 Å². The fourth-order valence-electron chi connectivity index (χ4n) is 2.16. The zero-order valence-corrected chi connectivity index (χ0v) is 10.4. The Morgan fingerprint density at radius 2 is 2.11 bits per heavy atom. The van der Waals surface area contributed by atoms with Crippen molar-refractivity contribution in [2.75, 3.05) is 5.32 Å². The highest BCUT2D eigenvalue weighted by molar-refractivity contribution is 5.81. The van der Waals surface area contributed by atoms with Crippen LogP contribution in [0.1, 0.15) is 17.0 Å². The molecule has 0 bridgehead atoms. The molecule has 3 rings (SSSR count). The van der Waals surface area contributed by atoms with Gasteiger partial charge in [-0.1, -0.05) is 18.2 Å². The molecule has 3 aromatic rings. The highest BCUT2D eigenvalue weighted by atomic mass is 16.3. The van der Waals surface area contributed by atoms with Gasteiger partial charge in [-0.2, -0.15) is 5.10 Å². The molecule has 0 saturated heterocycles. The lowest BCUT2D eigenvalue weighted by Crippen LogP contribution is -2.00. The van der Waals surface area contributed by atoms with Crippen LogP contribution in [-0.2, 0) is 6.54 Å². The van der Waals surface area contributed by atoms with Gasteiger partial charge in [-0.3, -0.25) is 5.10 Å². The first-order chi connectivity index (χ1) is 8.75. The van der Waals surface area contributed by atoms with Crippen molar-refractivity contribution < 1.29 is 4.42 Å². The Bertz CT molecular complexity index is 662. The third-order valence-corrected chi connectivity index (χ3v) is 3.14. The average molecular weight is 241 g/mol. The lowest BCUT2D eigenvalue weighted by molar-refractivity contribution is 0.611. The number of aryl methyl sites for hydroxylation is 2. The molecule has 0 aliphatic carbocycles. The van der Waals surface area contributed by atoms with Crippen LogP contribution >= 0.6 is 0 Å². The Morgan fingerprint density at radius 1 is 1.28 bits per heavy atom. The summed E-state index contributed by atoms with van der Waals surface area (Å²) in [6.45, 7) is 4.73. The van der Waals surface area contributed by atoms with E-state index in [1.165, 1.54) is 0 Å². The molecule has 2 aromatic heterocycles. The van der Waals surface area contributed by atoms with Crippen molar-refractivity contribution in [3.8, 4) is 0 Å². The minimum atomic E-state index is 0.734. The number of aromatic amines is 1.